The molecular formula is C15H11NO2S. The molecule has 2 heterocycles. The van der Waals surface area contributed by atoms with Gasteiger partial charge in [-0.25, -0.2) is 4.79 Å². The van der Waals surface area contributed by atoms with E-state index in [0.717, 1.165) is 20.7 Å². The van der Waals surface area contributed by atoms with Gasteiger partial charge in [-0.1, -0.05) is 36.4 Å². The summed E-state index contributed by atoms with van der Waals surface area (Å²) in [6, 6.07) is 13.7. The van der Waals surface area contributed by atoms with Crippen molar-refractivity contribution in [1.82, 2.24) is 4.98 Å². The maximum absolute atomic E-state index is 10.8. The molecule has 19 heavy (non-hydrogen) atoms. The summed E-state index contributed by atoms with van der Waals surface area (Å²) in [6.07, 6.45) is 4.08. The third-order valence-electron chi connectivity index (χ3n) is 2.80. The van der Waals surface area contributed by atoms with Gasteiger partial charge in [0.2, 0.25) is 0 Å². The Morgan fingerprint density at radius 2 is 1.95 bits per heavy atom. The molecule has 3 nitrogen and oxygen atoms in total. The van der Waals surface area contributed by atoms with Crippen molar-refractivity contribution >= 4 is 39.7 Å². The Bertz CT molecular complexity index is 721. The van der Waals surface area contributed by atoms with Gasteiger partial charge in [0.15, 0.2) is 0 Å². The number of nitrogens with one attached hydrogen (secondary N) is 1. The van der Waals surface area contributed by atoms with Crippen LogP contribution in [0.1, 0.15) is 20.9 Å². The van der Waals surface area contributed by atoms with E-state index >= 15 is 0 Å². The summed E-state index contributed by atoms with van der Waals surface area (Å²) < 4.78 is 0. The molecule has 0 unspecified atom stereocenters. The van der Waals surface area contributed by atoms with Crippen LogP contribution in [-0.2, 0) is 0 Å². The number of carbonyl (C=O) groups is 1. The summed E-state index contributed by atoms with van der Waals surface area (Å²) in [7, 11) is 0. The number of hydrogen-bond acceptors (Lipinski definition) is 2. The molecule has 2 aromatic heterocycles. The second-order valence-electron chi connectivity index (χ2n) is 4.17. The summed E-state index contributed by atoms with van der Waals surface area (Å²) >= 11 is 1.55. The van der Waals surface area contributed by atoms with Crippen LogP contribution in [0.2, 0.25) is 0 Å². The topological polar surface area (TPSA) is 53.1 Å². The number of H-pyrrole nitrogens is 1. The van der Waals surface area contributed by atoms with E-state index in [-0.39, 0.29) is 5.69 Å². The van der Waals surface area contributed by atoms with E-state index in [9.17, 15) is 4.79 Å². The smallest absolute Gasteiger partial charge is 0.352 e. The van der Waals surface area contributed by atoms with Gasteiger partial charge in [-0.05, 0) is 23.8 Å². The van der Waals surface area contributed by atoms with Crippen LogP contribution >= 0.6 is 11.3 Å². The van der Waals surface area contributed by atoms with E-state index in [4.69, 9.17) is 5.11 Å². The summed E-state index contributed by atoms with van der Waals surface area (Å²) in [6.45, 7) is 0. The lowest BCUT2D eigenvalue weighted by atomic mass is 10.2. The SMILES string of the molecule is O=C(O)c1cc2cc(C=Cc3ccccc3)sc2[nH]1. The number of fused-ring (bicyclic) bond motifs is 1. The highest BCUT2D eigenvalue weighted by atomic mass is 32.1. The molecule has 0 saturated carbocycles. The van der Waals surface area contributed by atoms with Crippen molar-refractivity contribution in [2.45, 2.75) is 0 Å². The van der Waals surface area contributed by atoms with E-state index < -0.39 is 5.97 Å². The average molecular weight is 269 g/mol. The molecule has 3 aromatic rings. The number of benzene rings is 1. The second kappa shape index (κ2) is 4.74. The first kappa shape index (κ1) is 11.7. The molecule has 2 N–H and O–H groups in total. The minimum atomic E-state index is -0.926. The van der Waals surface area contributed by atoms with Gasteiger partial charge < -0.3 is 10.1 Å². The number of rotatable bonds is 3. The maximum atomic E-state index is 10.8. The standard InChI is InChI=1S/C15H11NO2S/c17-15(18)13-9-11-8-12(19-14(11)16-13)7-6-10-4-2-1-3-5-10/h1-9,16H,(H,17,18). The van der Waals surface area contributed by atoms with Crippen LogP contribution in [0.4, 0.5) is 0 Å². The first-order valence-corrected chi connectivity index (χ1v) is 6.63. The van der Waals surface area contributed by atoms with Crippen LogP contribution in [-0.4, -0.2) is 16.1 Å². The van der Waals surface area contributed by atoms with Crippen molar-refractivity contribution in [2.24, 2.45) is 0 Å². The Kier molecular flexibility index (Phi) is 2.93. The van der Waals surface area contributed by atoms with Gasteiger partial charge in [0.25, 0.3) is 0 Å². The lowest BCUT2D eigenvalue weighted by Gasteiger charge is -1.90. The number of carboxylic acids is 1. The molecule has 0 aliphatic rings. The number of aromatic carboxylic acids is 1. The lowest BCUT2D eigenvalue weighted by Crippen LogP contribution is -1.94. The molecule has 94 valence electrons. The van der Waals surface area contributed by atoms with Gasteiger partial charge in [-0.15, -0.1) is 11.3 Å². The summed E-state index contributed by atoms with van der Waals surface area (Å²) in [5, 5.41) is 9.82. The van der Waals surface area contributed by atoms with Gasteiger partial charge >= 0.3 is 5.97 Å². The highest BCUT2D eigenvalue weighted by Gasteiger charge is 2.09. The zero-order chi connectivity index (χ0) is 13.2. The quantitative estimate of drug-likeness (QED) is 0.752. The molecule has 0 bridgehead atoms. The van der Waals surface area contributed by atoms with Gasteiger partial charge in [0.1, 0.15) is 10.5 Å². The minimum Gasteiger partial charge on any atom is -0.477 e. The largest absolute Gasteiger partial charge is 0.477 e. The van der Waals surface area contributed by atoms with Crippen LogP contribution in [0.25, 0.3) is 22.4 Å². The van der Waals surface area contributed by atoms with E-state index in [0.29, 0.717) is 0 Å². The highest BCUT2D eigenvalue weighted by molar-refractivity contribution is 7.19. The molecule has 0 amide bonds. The number of aromatic amines is 1. The molecule has 0 aliphatic heterocycles. The molecule has 0 saturated heterocycles. The van der Waals surface area contributed by atoms with Crippen LogP contribution in [0.15, 0.2) is 42.5 Å². The summed E-state index contributed by atoms with van der Waals surface area (Å²) in [5.41, 5.74) is 1.38. The van der Waals surface area contributed by atoms with Gasteiger partial charge in [-0.2, -0.15) is 0 Å². The third kappa shape index (κ3) is 2.44. The van der Waals surface area contributed by atoms with E-state index in [1.54, 1.807) is 17.4 Å². The molecule has 0 aliphatic carbocycles. The van der Waals surface area contributed by atoms with Crippen LogP contribution in [0.5, 0.6) is 0 Å². The first-order chi connectivity index (χ1) is 9.22. The molecule has 0 atom stereocenters. The zero-order valence-corrected chi connectivity index (χ0v) is 10.8. The van der Waals surface area contributed by atoms with E-state index in [1.807, 2.05) is 48.6 Å². The van der Waals surface area contributed by atoms with Crippen molar-refractivity contribution < 1.29 is 9.90 Å². The van der Waals surface area contributed by atoms with Gasteiger partial charge in [-0.3, -0.25) is 0 Å². The Labute approximate surface area is 113 Å². The molecule has 4 heteroatoms. The third-order valence-corrected chi connectivity index (χ3v) is 3.83. The van der Waals surface area contributed by atoms with Crippen molar-refractivity contribution in [3.8, 4) is 0 Å². The van der Waals surface area contributed by atoms with E-state index in [1.165, 1.54) is 0 Å². The van der Waals surface area contributed by atoms with Crippen LogP contribution < -0.4 is 0 Å². The molecule has 0 fully saturated rings. The molecule has 1 aromatic carbocycles. The first-order valence-electron chi connectivity index (χ1n) is 5.81. The molecule has 0 spiro atoms. The number of carboxylic acid groups (broad SMARTS) is 1. The predicted octanol–water partition coefficient (Wildman–Crippen LogP) is 4.10. The summed E-state index contributed by atoms with van der Waals surface area (Å²) in [4.78, 5) is 15.7. The highest BCUT2D eigenvalue weighted by Crippen LogP contribution is 2.27. The number of aromatic nitrogens is 1. The Morgan fingerprint density at radius 3 is 2.63 bits per heavy atom. The molecule has 0 radical (unpaired) electrons. The monoisotopic (exact) mass is 269 g/mol. The fourth-order valence-corrected chi connectivity index (χ4v) is 2.84. The Morgan fingerprint density at radius 1 is 1.16 bits per heavy atom. The van der Waals surface area contributed by atoms with Crippen LogP contribution in [0.3, 0.4) is 0 Å². The van der Waals surface area contributed by atoms with Crippen molar-refractivity contribution in [3.05, 3.63) is 58.6 Å². The normalized spacial score (nSPS) is 11.4. The Balaban J connectivity index is 1.88. The van der Waals surface area contributed by atoms with Crippen LogP contribution in [0, 0.1) is 0 Å². The molecular weight excluding hydrogens is 258 g/mol. The second-order valence-corrected chi connectivity index (χ2v) is 5.25. The number of hydrogen-bond donors (Lipinski definition) is 2. The summed E-state index contributed by atoms with van der Waals surface area (Å²) in [5.74, 6) is -0.926. The fraction of sp³-hybridized carbons (Fsp3) is 0. The maximum Gasteiger partial charge on any atom is 0.352 e. The van der Waals surface area contributed by atoms with Crippen molar-refractivity contribution in [3.63, 3.8) is 0 Å². The predicted molar refractivity (Wildman–Crippen MR) is 78.5 cm³/mol. The van der Waals surface area contributed by atoms with Gasteiger partial charge in [0, 0.05) is 10.3 Å². The lowest BCUT2D eigenvalue weighted by molar-refractivity contribution is 0.0691. The fourth-order valence-electron chi connectivity index (χ4n) is 1.88. The average Bonchev–Trinajstić information content (AvgIpc) is 2.95. The van der Waals surface area contributed by atoms with Gasteiger partial charge in [0.05, 0.1) is 0 Å². The minimum absolute atomic E-state index is 0.236. The molecule has 3 rings (SSSR count). The van der Waals surface area contributed by atoms with E-state index in [2.05, 4.69) is 4.98 Å². The van der Waals surface area contributed by atoms with Crippen molar-refractivity contribution in [2.75, 3.05) is 0 Å². The number of thiophene rings is 1. The Hall–Kier alpha value is -2.33. The zero-order valence-electron chi connectivity index (χ0n) is 9.96. The van der Waals surface area contributed by atoms with Crippen molar-refractivity contribution in [1.29, 1.82) is 0 Å².